The van der Waals surface area contributed by atoms with Crippen LogP contribution in [-0.4, -0.2) is 47.6 Å². The second-order valence-electron chi connectivity index (χ2n) is 7.23. The summed E-state index contributed by atoms with van der Waals surface area (Å²) in [5, 5.41) is 15.6. The highest BCUT2D eigenvalue weighted by Crippen LogP contribution is 2.18. The van der Waals surface area contributed by atoms with Crippen molar-refractivity contribution in [2.75, 3.05) is 25.0 Å². The van der Waals surface area contributed by atoms with Gasteiger partial charge in [0.25, 0.3) is 5.91 Å². The predicted octanol–water partition coefficient (Wildman–Crippen LogP) is 2.57. The van der Waals surface area contributed by atoms with Crippen LogP contribution in [0.5, 0.6) is 0 Å². The molecule has 0 bridgehead atoms. The van der Waals surface area contributed by atoms with Gasteiger partial charge >= 0.3 is 0 Å². The van der Waals surface area contributed by atoms with E-state index in [1.54, 1.807) is 24.3 Å². The van der Waals surface area contributed by atoms with E-state index in [-0.39, 0.29) is 30.5 Å². The number of anilines is 1. The number of amides is 2. The minimum atomic E-state index is -0.376. The SMILES string of the molecule is CC(NC(=O)c1ccccc1NC(=O)CN1CCCC(O)C1)c1ccccc1. The number of aliphatic hydroxyl groups is 1. The largest absolute Gasteiger partial charge is 0.392 e. The highest BCUT2D eigenvalue weighted by atomic mass is 16.3. The maximum Gasteiger partial charge on any atom is 0.253 e. The summed E-state index contributed by atoms with van der Waals surface area (Å²) in [6.07, 6.45) is 1.28. The lowest BCUT2D eigenvalue weighted by Gasteiger charge is -2.29. The molecule has 1 saturated heterocycles. The molecule has 0 radical (unpaired) electrons. The first-order valence-corrected chi connectivity index (χ1v) is 9.68. The van der Waals surface area contributed by atoms with Gasteiger partial charge in [0.1, 0.15) is 0 Å². The van der Waals surface area contributed by atoms with Gasteiger partial charge in [0.2, 0.25) is 5.91 Å². The fourth-order valence-electron chi connectivity index (χ4n) is 3.46. The number of hydrogen-bond acceptors (Lipinski definition) is 4. The molecule has 0 aromatic heterocycles. The van der Waals surface area contributed by atoms with Gasteiger partial charge < -0.3 is 15.7 Å². The van der Waals surface area contributed by atoms with Gasteiger partial charge in [-0.3, -0.25) is 14.5 Å². The van der Waals surface area contributed by atoms with Crippen LogP contribution in [0.3, 0.4) is 0 Å². The average molecular weight is 381 g/mol. The molecular formula is C22H27N3O3. The molecule has 2 unspecified atom stereocenters. The van der Waals surface area contributed by atoms with Gasteiger partial charge in [-0.15, -0.1) is 0 Å². The van der Waals surface area contributed by atoms with Crippen LogP contribution in [0.25, 0.3) is 0 Å². The van der Waals surface area contributed by atoms with Crippen molar-refractivity contribution in [1.82, 2.24) is 10.2 Å². The van der Waals surface area contributed by atoms with Crippen molar-refractivity contribution in [1.29, 1.82) is 0 Å². The van der Waals surface area contributed by atoms with E-state index >= 15 is 0 Å². The van der Waals surface area contributed by atoms with E-state index in [9.17, 15) is 14.7 Å². The Balaban J connectivity index is 1.63. The van der Waals surface area contributed by atoms with E-state index in [2.05, 4.69) is 10.6 Å². The third-order valence-electron chi connectivity index (χ3n) is 4.94. The van der Waals surface area contributed by atoms with Crippen molar-refractivity contribution in [2.45, 2.75) is 31.9 Å². The summed E-state index contributed by atoms with van der Waals surface area (Å²) in [7, 11) is 0. The highest BCUT2D eigenvalue weighted by Gasteiger charge is 2.21. The summed E-state index contributed by atoms with van der Waals surface area (Å²) in [5.74, 6) is -0.425. The van der Waals surface area contributed by atoms with Crippen molar-refractivity contribution in [3.8, 4) is 0 Å². The Kier molecular flexibility index (Phi) is 6.79. The van der Waals surface area contributed by atoms with Crippen LogP contribution in [-0.2, 0) is 4.79 Å². The third-order valence-corrected chi connectivity index (χ3v) is 4.94. The zero-order valence-corrected chi connectivity index (χ0v) is 16.1. The third kappa shape index (κ3) is 5.41. The molecule has 1 aliphatic rings. The first-order chi connectivity index (χ1) is 13.5. The lowest BCUT2D eigenvalue weighted by atomic mass is 10.1. The Morgan fingerprint density at radius 3 is 2.61 bits per heavy atom. The van der Waals surface area contributed by atoms with Crippen molar-refractivity contribution in [3.63, 3.8) is 0 Å². The summed E-state index contributed by atoms with van der Waals surface area (Å²) in [6.45, 7) is 3.43. The quantitative estimate of drug-likeness (QED) is 0.718. The molecular weight excluding hydrogens is 354 g/mol. The minimum absolute atomic E-state index is 0.146. The number of nitrogens with zero attached hydrogens (tertiary/aromatic N) is 1. The molecule has 1 heterocycles. The molecule has 0 saturated carbocycles. The number of aliphatic hydroxyl groups excluding tert-OH is 1. The number of carbonyl (C=O) groups excluding carboxylic acids is 2. The molecule has 0 spiro atoms. The molecule has 28 heavy (non-hydrogen) atoms. The normalized spacial score (nSPS) is 18.3. The molecule has 2 amide bonds. The first-order valence-electron chi connectivity index (χ1n) is 9.68. The number of likely N-dealkylation sites (tertiary alicyclic amines) is 1. The Hall–Kier alpha value is -2.70. The van der Waals surface area contributed by atoms with Gasteiger partial charge in [-0.05, 0) is 44.0 Å². The molecule has 1 fully saturated rings. The highest BCUT2D eigenvalue weighted by molar-refractivity contribution is 6.04. The maximum atomic E-state index is 12.8. The van der Waals surface area contributed by atoms with Crippen LogP contribution in [0, 0.1) is 0 Å². The smallest absolute Gasteiger partial charge is 0.253 e. The Bertz CT molecular complexity index is 810. The lowest BCUT2D eigenvalue weighted by Crippen LogP contribution is -2.42. The van der Waals surface area contributed by atoms with Crippen molar-refractivity contribution < 1.29 is 14.7 Å². The van der Waals surface area contributed by atoms with Crippen LogP contribution in [0.2, 0.25) is 0 Å². The zero-order valence-electron chi connectivity index (χ0n) is 16.1. The summed E-state index contributed by atoms with van der Waals surface area (Å²) in [4.78, 5) is 27.1. The van der Waals surface area contributed by atoms with E-state index in [0.29, 0.717) is 17.8 Å². The monoisotopic (exact) mass is 381 g/mol. The van der Waals surface area contributed by atoms with Crippen LogP contribution in [0.15, 0.2) is 54.6 Å². The van der Waals surface area contributed by atoms with Gasteiger partial charge in [-0.2, -0.15) is 0 Å². The van der Waals surface area contributed by atoms with Crippen molar-refractivity contribution >= 4 is 17.5 Å². The number of hydrogen-bond donors (Lipinski definition) is 3. The van der Waals surface area contributed by atoms with E-state index in [0.717, 1.165) is 24.9 Å². The van der Waals surface area contributed by atoms with E-state index in [4.69, 9.17) is 0 Å². The maximum absolute atomic E-state index is 12.8. The van der Waals surface area contributed by atoms with Crippen molar-refractivity contribution in [2.24, 2.45) is 0 Å². The van der Waals surface area contributed by atoms with Crippen LogP contribution in [0.1, 0.15) is 41.7 Å². The Labute approximate surface area is 165 Å². The van der Waals surface area contributed by atoms with Gasteiger partial charge in [0, 0.05) is 6.54 Å². The number of benzene rings is 2. The number of β-amino-alcohol motifs (C(OH)–C–C–N with tert-alkyl or cyclic N) is 1. The second-order valence-corrected chi connectivity index (χ2v) is 7.23. The number of nitrogens with one attached hydrogen (secondary N) is 2. The molecule has 2 atom stereocenters. The predicted molar refractivity (Wildman–Crippen MR) is 109 cm³/mol. The fourth-order valence-corrected chi connectivity index (χ4v) is 3.46. The molecule has 6 heteroatoms. The fraction of sp³-hybridized carbons (Fsp3) is 0.364. The lowest BCUT2D eigenvalue weighted by molar-refractivity contribution is -0.118. The summed E-state index contributed by atoms with van der Waals surface area (Å²) in [6, 6.07) is 16.6. The number of rotatable bonds is 6. The minimum Gasteiger partial charge on any atom is -0.392 e. The van der Waals surface area contributed by atoms with Crippen LogP contribution < -0.4 is 10.6 Å². The summed E-state index contributed by atoms with van der Waals surface area (Å²) >= 11 is 0. The van der Waals surface area contributed by atoms with Gasteiger partial charge in [0.05, 0.1) is 29.9 Å². The van der Waals surface area contributed by atoms with E-state index in [1.807, 2.05) is 42.2 Å². The molecule has 2 aromatic carbocycles. The van der Waals surface area contributed by atoms with Gasteiger partial charge in [-0.25, -0.2) is 0 Å². The molecule has 3 N–H and O–H groups in total. The number of piperidine rings is 1. The number of para-hydroxylation sites is 1. The van der Waals surface area contributed by atoms with E-state index < -0.39 is 0 Å². The van der Waals surface area contributed by atoms with Crippen LogP contribution in [0.4, 0.5) is 5.69 Å². The Morgan fingerprint density at radius 2 is 1.86 bits per heavy atom. The van der Waals surface area contributed by atoms with Gasteiger partial charge in [0.15, 0.2) is 0 Å². The Morgan fingerprint density at radius 1 is 1.14 bits per heavy atom. The topological polar surface area (TPSA) is 81.7 Å². The zero-order chi connectivity index (χ0) is 19.9. The standard InChI is InChI=1S/C22H27N3O3/c1-16(17-8-3-2-4-9-17)23-22(28)19-11-5-6-12-20(19)24-21(27)15-25-13-7-10-18(26)14-25/h2-6,8-9,11-12,16,18,26H,7,10,13-15H2,1H3,(H,23,28)(H,24,27). The van der Waals surface area contributed by atoms with E-state index in [1.165, 1.54) is 0 Å². The molecule has 1 aliphatic heterocycles. The molecule has 3 rings (SSSR count). The molecule has 2 aromatic rings. The molecule has 6 nitrogen and oxygen atoms in total. The summed E-state index contributed by atoms with van der Waals surface area (Å²) < 4.78 is 0. The van der Waals surface area contributed by atoms with Gasteiger partial charge in [-0.1, -0.05) is 42.5 Å². The number of carbonyl (C=O) groups is 2. The average Bonchev–Trinajstić information content (AvgIpc) is 2.69. The molecule has 148 valence electrons. The van der Waals surface area contributed by atoms with Crippen molar-refractivity contribution in [3.05, 3.63) is 65.7 Å². The summed E-state index contributed by atoms with van der Waals surface area (Å²) in [5.41, 5.74) is 1.93. The second kappa shape index (κ2) is 9.48. The molecule has 0 aliphatic carbocycles. The van der Waals surface area contributed by atoms with Crippen LogP contribution >= 0.6 is 0 Å². The first kappa shape index (κ1) is 20.0.